The predicted molar refractivity (Wildman–Crippen MR) is 79.0 cm³/mol. The fourth-order valence-corrected chi connectivity index (χ4v) is 2.71. The second-order valence-corrected chi connectivity index (χ2v) is 5.24. The van der Waals surface area contributed by atoms with Crippen molar-refractivity contribution in [2.45, 2.75) is 39.3 Å². The molecule has 0 spiro atoms. The van der Waals surface area contributed by atoms with Gasteiger partial charge < -0.3 is 15.4 Å². The highest BCUT2D eigenvalue weighted by molar-refractivity contribution is 6.01. The number of rotatable bonds is 3. The Labute approximate surface area is 115 Å². The van der Waals surface area contributed by atoms with Gasteiger partial charge in [-0.25, -0.2) is 0 Å². The molecule has 0 aromatic heterocycles. The lowest BCUT2D eigenvalue weighted by atomic mass is 10.0. The number of amidine groups is 1. The van der Waals surface area contributed by atoms with Crippen LogP contribution in [0.3, 0.4) is 0 Å². The minimum atomic E-state index is 0.132. The molecule has 4 heteroatoms. The molecule has 19 heavy (non-hydrogen) atoms. The van der Waals surface area contributed by atoms with Gasteiger partial charge in [0.25, 0.3) is 0 Å². The summed E-state index contributed by atoms with van der Waals surface area (Å²) in [7, 11) is 0. The fourth-order valence-electron chi connectivity index (χ4n) is 2.71. The molecular weight excluding hydrogens is 238 g/mol. The number of nitrogens with one attached hydrogen (secondary N) is 1. The summed E-state index contributed by atoms with van der Waals surface area (Å²) in [5.74, 6) is 0.132. The van der Waals surface area contributed by atoms with Crippen molar-refractivity contribution in [3.8, 4) is 0 Å². The number of hydrogen-bond donors (Lipinski definition) is 2. The SMILES string of the molecule is CCC1COC(C)CN1c1c(C)cccc1C(=N)N. The predicted octanol–water partition coefficient (Wildman–Crippen LogP) is 2.28. The molecule has 0 saturated carbocycles. The van der Waals surface area contributed by atoms with E-state index in [0.717, 1.165) is 30.8 Å². The molecule has 2 unspecified atom stereocenters. The summed E-state index contributed by atoms with van der Waals surface area (Å²) in [5, 5.41) is 7.78. The van der Waals surface area contributed by atoms with E-state index in [0.29, 0.717) is 6.04 Å². The fraction of sp³-hybridized carbons (Fsp3) is 0.533. The number of aryl methyl sites for hydroxylation is 1. The van der Waals surface area contributed by atoms with E-state index in [1.165, 1.54) is 5.56 Å². The van der Waals surface area contributed by atoms with Gasteiger partial charge in [0.15, 0.2) is 0 Å². The average molecular weight is 261 g/mol. The Hall–Kier alpha value is -1.55. The number of nitrogens with zero attached hydrogens (tertiary/aromatic N) is 1. The first-order valence-electron chi connectivity index (χ1n) is 6.86. The molecule has 3 N–H and O–H groups in total. The van der Waals surface area contributed by atoms with Crippen LogP contribution in [-0.2, 0) is 4.74 Å². The molecule has 1 aliphatic rings. The maximum absolute atomic E-state index is 7.78. The molecule has 2 rings (SSSR count). The Kier molecular flexibility index (Phi) is 4.10. The van der Waals surface area contributed by atoms with Crippen molar-refractivity contribution < 1.29 is 4.74 Å². The molecule has 0 aliphatic carbocycles. The molecular formula is C15H23N3O. The summed E-state index contributed by atoms with van der Waals surface area (Å²) in [5.41, 5.74) is 8.82. The van der Waals surface area contributed by atoms with Crippen LogP contribution in [0, 0.1) is 12.3 Å². The molecule has 104 valence electrons. The van der Waals surface area contributed by atoms with Crippen LogP contribution < -0.4 is 10.6 Å². The maximum atomic E-state index is 7.78. The standard InChI is InChI=1S/C15H23N3O/c1-4-12-9-19-11(3)8-18(12)14-10(2)6-5-7-13(14)15(16)17/h5-7,11-12H,4,8-9H2,1-3H3,(H3,16,17). The minimum Gasteiger partial charge on any atom is -0.384 e. The van der Waals surface area contributed by atoms with Crippen LogP contribution in [0.2, 0.25) is 0 Å². The molecule has 1 fully saturated rings. The average Bonchev–Trinajstić information content (AvgIpc) is 2.38. The number of morpholine rings is 1. The van der Waals surface area contributed by atoms with Crippen LogP contribution in [0.1, 0.15) is 31.4 Å². The topological polar surface area (TPSA) is 62.3 Å². The first-order chi connectivity index (χ1) is 9.04. The lowest BCUT2D eigenvalue weighted by molar-refractivity contribution is 0.0299. The molecule has 0 amide bonds. The smallest absolute Gasteiger partial charge is 0.124 e. The molecule has 1 aromatic carbocycles. The number of para-hydroxylation sites is 1. The highest BCUT2D eigenvalue weighted by atomic mass is 16.5. The van der Waals surface area contributed by atoms with Gasteiger partial charge in [0.1, 0.15) is 5.84 Å². The van der Waals surface area contributed by atoms with E-state index in [4.69, 9.17) is 15.9 Å². The second kappa shape index (κ2) is 5.61. The van der Waals surface area contributed by atoms with Crippen molar-refractivity contribution in [1.82, 2.24) is 0 Å². The van der Waals surface area contributed by atoms with Crippen molar-refractivity contribution in [2.24, 2.45) is 5.73 Å². The quantitative estimate of drug-likeness (QED) is 0.648. The van der Waals surface area contributed by atoms with Crippen molar-refractivity contribution in [3.63, 3.8) is 0 Å². The van der Waals surface area contributed by atoms with Gasteiger partial charge in [0.05, 0.1) is 24.4 Å². The minimum absolute atomic E-state index is 0.132. The van der Waals surface area contributed by atoms with Crippen molar-refractivity contribution in [2.75, 3.05) is 18.1 Å². The first kappa shape index (κ1) is 13.9. The van der Waals surface area contributed by atoms with Gasteiger partial charge in [-0.3, -0.25) is 5.41 Å². The number of anilines is 1. The zero-order valence-electron chi connectivity index (χ0n) is 11.9. The van der Waals surface area contributed by atoms with Crippen LogP contribution in [0.5, 0.6) is 0 Å². The summed E-state index contributed by atoms with van der Waals surface area (Å²) in [6, 6.07) is 6.32. The Morgan fingerprint density at radius 3 is 2.89 bits per heavy atom. The summed E-state index contributed by atoms with van der Waals surface area (Å²) < 4.78 is 5.75. The van der Waals surface area contributed by atoms with Crippen molar-refractivity contribution in [1.29, 1.82) is 5.41 Å². The Bertz CT molecular complexity index is 472. The third-order valence-corrected chi connectivity index (χ3v) is 3.75. The molecule has 1 saturated heterocycles. The van der Waals surface area contributed by atoms with Gasteiger partial charge in [-0.15, -0.1) is 0 Å². The van der Waals surface area contributed by atoms with E-state index in [-0.39, 0.29) is 11.9 Å². The number of nitrogens with two attached hydrogens (primary N) is 1. The van der Waals surface area contributed by atoms with Gasteiger partial charge in [-0.2, -0.15) is 0 Å². The van der Waals surface area contributed by atoms with Crippen LogP contribution in [0.25, 0.3) is 0 Å². The Balaban J connectivity index is 2.46. The Morgan fingerprint density at radius 1 is 1.53 bits per heavy atom. The van der Waals surface area contributed by atoms with Gasteiger partial charge in [0, 0.05) is 12.1 Å². The molecule has 0 bridgehead atoms. The van der Waals surface area contributed by atoms with E-state index in [1.807, 2.05) is 12.1 Å². The largest absolute Gasteiger partial charge is 0.384 e. The Morgan fingerprint density at radius 2 is 2.26 bits per heavy atom. The van der Waals surface area contributed by atoms with E-state index in [2.05, 4.69) is 31.7 Å². The maximum Gasteiger partial charge on any atom is 0.124 e. The molecule has 4 nitrogen and oxygen atoms in total. The molecule has 1 aromatic rings. The lowest BCUT2D eigenvalue weighted by Gasteiger charge is -2.41. The van der Waals surface area contributed by atoms with Crippen LogP contribution in [0.15, 0.2) is 18.2 Å². The summed E-state index contributed by atoms with van der Waals surface area (Å²) in [6.07, 6.45) is 1.24. The van der Waals surface area contributed by atoms with E-state index >= 15 is 0 Å². The third kappa shape index (κ3) is 2.73. The number of ether oxygens (including phenoxy) is 1. The third-order valence-electron chi connectivity index (χ3n) is 3.75. The molecule has 2 atom stereocenters. The summed E-state index contributed by atoms with van der Waals surface area (Å²) in [6.45, 7) is 7.93. The zero-order chi connectivity index (χ0) is 14.0. The van der Waals surface area contributed by atoms with Gasteiger partial charge >= 0.3 is 0 Å². The molecule has 1 heterocycles. The van der Waals surface area contributed by atoms with E-state index in [9.17, 15) is 0 Å². The summed E-state index contributed by atoms with van der Waals surface area (Å²) in [4.78, 5) is 2.36. The lowest BCUT2D eigenvalue weighted by Crippen LogP contribution is -2.49. The van der Waals surface area contributed by atoms with E-state index < -0.39 is 0 Å². The van der Waals surface area contributed by atoms with Crippen LogP contribution in [-0.4, -0.2) is 31.1 Å². The summed E-state index contributed by atoms with van der Waals surface area (Å²) >= 11 is 0. The number of benzene rings is 1. The highest BCUT2D eigenvalue weighted by Gasteiger charge is 2.28. The normalized spacial score (nSPS) is 23.4. The van der Waals surface area contributed by atoms with Crippen LogP contribution in [0.4, 0.5) is 5.69 Å². The molecule has 1 aliphatic heterocycles. The van der Waals surface area contributed by atoms with Crippen molar-refractivity contribution >= 4 is 11.5 Å². The van der Waals surface area contributed by atoms with Crippen LogP contribution >= 0.6 is 0 Å². The van der Waals surface area contributed by atoms with Gasteiger partial charge in [-0.1, -0.05) is 19.1 Å². The first-order valence-corrected chi connectivity index (χ1v) is 6.86. The van der Waals surface area contributed by atoms with E-state index in [1.54, 1.807) is 0 Å². The van der Waals surface area contributed by atoms with Gasteiger partial charge in [-0.05, 0) is 31.9 Å². The zero-order valence-corrected chi connectivity index (χ0v) is 11.9. The monoisotopic (exact) mass is 261 g/mol. The second-order valence-electron chi connectivity index (χ2n) is 5.24. The molecule has 0 radical (unpaired) electrons. The number of nitrogen functional groups attached to an aromatic ring is 1. The van der Waals surface area contributed by atoms with Crippen molar-refractivity contribution in [3.05, 3.63) is 29.3 Å². The van der Waals surface area contributed by atoms with Gasteiger partial charge in [0.2, 0.25) is 0 Å². The highest BCUT2D eigenvalue weighted by Crippen LogP contribution is 2.30. The number of hydrogen-bond acceptors (Lipinski definition) is 3.